The van der Waals surface area contributed by atoms with E-state index in [0.717, 1.165) is 47.4 Å². The molecule has 0 spiro atoms. The van der Waals surface area contributed by atoms with Crippen LogP contribution in [0.15, 0.2) is 23.0 Å². The smallest absolute Gasteiger partial charge is 0.329 e. The lowest BCUT2D eigenvalue weighted by atomic mass is 9.53. The molecule has 0 radical (unpaired) electrons. The SMILES string of the molecule is Cn1c(=O)n(C2CCC(=O)NC2=O)c2cccc(NCCCCCCCNC34CC5CC(CC(C5)C3)C4)c21. The predicted molar refractivity (Wildman–Crippen MR) is 149 cm³/mol. The van der Waals surface area contributed by atoms with Gasteiger partial charge < -0.3 is 10.6 Å². The molecule has 38 heavy (non-hydrogen) atoms. The van der Waals surface area contributed by atoms with Crippen LogP contribution in [0, 0.1) is 17.8 Å². The highest BCUT2D eigenvalue weighted by Gasteiger charge is 2.50. The van der Waals surface area contributed by atoms with Crippen LogP contribution in [0.5, 0.6) is 0 Å². The highest BCUT2D eigenvalue weighted by Crippen LogP contribution is 2.55. The number of carbonyl (C=O) groups is 2. The van der Waals surface area contributed by atoms with Gasteiger partial charge in [-0.25, -0.2) is 4.79 Å². The number of amides is 2. The number of para-hydroxylation sites is 1. The number of hydrogen-bond acceptors (Lipinski definition) is 5. The standard InChI is InChI=1S/C30H43N5O3/c1-34-27-23(8-7-9-24(27)35(29(34)38)25-10-11-26(36)33-28(25)37)31-12-5-3-2-4-6-13-32-30-17-20-14-21(18-30)16-22(15-20)19-30/h7-9,20-22,25,31-32H,2-6,10-19H2,1H3,(H,33,36,37). The minimum atomic E-state index is -0.656. The Bertz CT molecular complexity index is 1230. The van der Waals surface area contributed by atoms with Gasteiger partial charge in [-0.2, -0.15) is 0 Å². The second kappa shape index (κ2) is 10.5. The molecule has 1 aromatic carbocycles. The van der Waals surface area contributed by atoms with Crippen molar-refractivity contribution in [3.63, 3.8) is 0 Å². The summed E-state index contributed by atoms with van der Waals surface area (Å²) < 4.78 is 3.15. The van der Waals surface area contributed by atoms with E-state index in [9.17, 15) is 14.4 Å². The number of piperidine rings is 1. The Morgan fingerprint density at radius 2 is 1.58 bits per heavy atom. The van der Waals surface area contributed by atoms with Crippen LogP contribution in [0.25, 0.3) is 11.0 Å². The van der Waals surface area contributed by atoms with Crippen molar-refractivity contribution in [3.8, 4) is 0 Å². The van der Waals surface area contributed by atoms with Gasteiger partial charge in [0.1, 0.15) is 6.04 Å². The summed E-state index contributed by atoms with van der Waals surface area (Å²) in [5.74, 6) is 2.34. The topological polar surface area (TPSA) is 97.2 Å². The zero-order valence-electron chi connectivity index (χ0n) is 22.8. The maximum absolute atomic E-state index is 13.1. The minimum absolute atomic E-state index is 0.231. The average molecular weight is 522 g/mol. The predicted octanol–water partition coefficient (Wildman–Crippen LogP) is 4.24. The maximum Gasteiger partial charge on any atom is 0.329 e. The van der Waals surface area contributed by atoms with E-state index >= 15 is 0 Å². The van der Waals surface area contributed by atoms with Crippen LogP contribution in [0.1, 0.15) is 89.5 Å². The first-order valence-electron chi connectivity index (χ1n) is 14.9. The van der Waals surface area contributed by atoms with E-state index < -0.39 is 11.9 Å². The lowest BCUT2D eigenvalue weighted by Gasteiger charge is -2.57. The second-order valence-corrected chi connectivity index (χ2v) is 12.7. The molecule has 8 heteroatoms. The molecule has 3 N–H and O–H groups in total. The number of imidazole rings is 1. The Morgan fingerprint density at radius 3 is 2.26 bits per heavy atom. The fourth-order valence-electron chi connectivity index (χ4n) is 8.49. The number of fused-ring (bicyclic) bond motifs is 1. The first-order chi connectivity index (χ1) is 18.4. The van der Waals surface area contributed by atoms with Crippen molar-refractivity contribution in [2.45, 2.75) is 95.1 Å². The number of rotatable bonds is 11. The average Bonchev–Trinajstić information content (AvgIpc) is 3.12. The van der Waals surface area contributed by atoms with E-state index in [4.69, 9.17) is 0 Å². The summed E-state index contributed by atoms with van der Waals surface area (Å²) >= 11 is 0. The molecule has 1 atom stereocenters. The zero-order chi connectivity index (χ0) is 26.3. The molecule has 5 aliphatic rings. The normalized spacial score (nSPS) is 30.2. The summed E-state index contributed by atoms with van der Waals surface area (Å²) in [4.78, 5) is 37.1. The Kier molecular flexibility index (Phi) is 7.10. The number of benzene rings is 1. The van der Waals surface area contributed by atoms with Crippen LogP contribution in [-0.4, -0.2) is 39.6 Å². The van der Waals surface area contributed by atoms with Gasteiger partial charge in [-0.15, -0.1) is 0 Å². The molecule has 2 aromatic rings. The molecule has 2 heterocycles. The molecule has 2 amide bonds. The third-order valence-corrected chi connectivity index (χ3v) is 9.83. The molecule has 1 saturated heterocycles. The van der Waals surface area contributed by atoms with Crippen molar-refractivity contribution >= 4 is 28.5 Å². The summed E-state index contributed by atoms with van der Waals surface area (Å²) in [6.07, 6.45) is 15.5. The molecular formula is C30H43N5O3. The van der Waals surface area contributed by atoms with Crippen molar-refractivity contribution in [2.75, 3.05) is 18.4 Å². The Labute approximate surface area is 224 Å². The lowest BCUT2D eigenvalue weighted by Crippen LogP contribution is -2.58. The number of aromatic nitrogens is 2. The first-order valence-corrected chi connectivity index (χ1v) is 14.9. The fourth-order valence-corrected chi connectivity index (χ4v) is 8.49. The summed E-state index contributed by atoms with van der Waals surface area (Å²) in [7, 11) is 1.75. The molecule has 1 aromatic heterocycles. The van der Waals surface area contributed by atoms with Gasteiger partial charge in [0.15, 0.2) is 0 Å². The number of hydrogen-bond donors (Lipinski definition) is 3. The van der Waals surface area contributed by atoms with Gasteiger partial charge in [0.05, 0.1) is 16.7 Å². The van der Waals surface area contributed by atoms with Crippen LogP contribution < -0.4 is 21.6 Å². The van der Waals surface area contributed by atoms with Gasteiger partial charge in [-0.3, -0.25) is 24.0 Å². The van der Waals surface area contributed by atoms with Crippen LogP contribution in [-0.2, 0) is 16.6 Å². The molecule has 4 aliphatic carbocycles. The fraction of sp³-hybridized carbons (Fsp3) is 0.700. The number of nitrogens with zero attached hydrogens (tertiary/aromatic N) is 2. The Balaban J connectivity index is 0.956. The lowest BCUT2D eigenvalue weighted by molar-refractivity contribution is -0.135. The minimum Gasteiger partial charge on any atom is -0.383 e. The van der Waals surface area contributed by atoms with Gasteiger partial charge >= 0.3 is 5.69 Å². The van der Waals surface area contributed by atoms with E-state index in [2.05, 4.69) is 16.0 Å². The molecule has 5 fully saturated rings. The number of nitrogens with one attached hydrogen (secondary N) is 3. The summed E-state index contributed by atoms with van der Waals surface area (Å²) in [6, 6.07) is 5.13. The van der Waals surface area contributed by atoms with Gasteiger partial charge in [0.25, 0.3) is 0 Å². The number of aryl methyl sites for hydroxylation is 1. The molecule has 1 aliphatic heterocycles. The highest BCUT2D eigenvalue weighted by molar-refractivity contribution is 6.00. The quantitative estimate of drug-likeness (QED) is 0.304. The number of unbranched alkanes of at least 4 members (excludes halogenated alkanes) is 4. The van der Waals surface area contributed by atoms with Crippen molar-refractivity contribution in [1.29, 1.82) is 0 Å². The van der Waals surface area contributed by atoms with Crippen LogP contribution in [0.2, 0.25) is 0 Å². The molecular weight excluding hydrogens is 478 g/mol. The first kappa shape index (κ1) is 25.7. The highest BCUT2D eigenvalue weighted by atomic mass is 16.2. The molecule has 206 valence electrons. The van der Waals surface area contributed by atoms with Crippen LogP contribution in [0.4, 0.5) is 5.69 Å². The van der Waals surface area contributed by atoms with Crippen molar-refractivity contribution in [1.82, 2.24) is 19.8 Å². The van der Waals surface area contributed by atoms with E-state index in [1.165, 1.54) is 70.8 Å². The summed E-state index contributed by atoms with van der Waals surface area (Å²) in [5.41, 5.74) is 2.69. The number of imide groups is 1. The largest absolute Gasteiger partial charge is 0.383 e. The van der Waals surface area contributed by atoms with Gasteiger partial charge in [0.2, 0.25) is 11.8 Å². The monoisotopic (exact) mass is 521 g/mol. The maximum atomic E-state index is 13.1. The van der Waals surface area contributed by atoms with E-state index in [0.29, 0.717) is 12.0 Å². The Morgan fingerprint density at radius 1 is 0.921 bits per heavy atom. The van der Waals surface area contributed by atoms with Crippen molar-refractivity contribution < 1.29 is 9.59 Å². The molecule has 8 nitrogen and oxygen atoms in total. The van der Waals surface area contributed by atoms with E-state index in [-0.39, 0.29) is 18.0 Å². The van der Waals surface area contributed by atoms with Gasteiger partial charge in [-0.05, 0) is 94.2 Å². The Hall–Kier alpha value is -2.61. The van der Waals surface area contributed by atoms with Crippen LogP contribution >= 0.6 is 0 Å². The summed E-state index contributed by atoms with van der Waals surface area (Å²) in [5, 5.41) is 9.92. The number of carbonyl (C=O) groups excluding carboxylic acids is 2. The van der Waals surface area contributed by atoms with E-state index in [1.54, 1.807) is 16.2 Å². The van der Waals surface area contributed by atoms with Gasteiger partial charge in [0, 0.05) is 25.6 Å². The molecule has 4 saturated carbocycles. The van der Waals surface area contributed by atoms with Crippen LogP contribution in [0.3, 0.4) is 0 Å². The summed E-state index contributed by atoms with van der Waals surface area (Å²) in [6.45, 7) is 2.02. The molecule has 7 rings (SSSR count). The van der Waals surface area contributed by atoms with Crippen molar-refractivity contribution in [3.05, 3.63) is 28.7 Å². The van der Waals surface area contributed by atoms with Gasteiger partial charge in [-0.1, -0.05) is 25.3 Å². The van der Waals surface area contributed by atoms with Crippen molar-refractivity contribution in [2.24, 2.45) is 24.8 Å². The number of anilines is 1. The second-order valence-electron chi connectivity index (χ2n) is 12.7. The van der Waals surface area contributed by atoms with E-state index in [1.807, 2.05) is 18.2 Å². The third-order valence-electron chi connectivity index (χ3n) is 9.83. The molecule has 4 bridgehead atoms. The molecule has 1 unspecified atom stereocenters. The third kappa shape index (κ3) is 4.92. The zero-order valence-corrected chi connectivity index (χ0v) is 22.8.